The van der Waals surface area contributed by atoms with Gasteiger partial charge in [0.1, 0.15) is 0 Å². The molecule has 0 saturated heterocycles. The minimum absolute atomic E-state index is 0.0900. The third kappa shape index (κ3) is 3.07. The number of amides is 1. The van der Waals surface area contributed by atoms with E-state index in [9.17, 15) is 4.79 Å². The molecule has 1 amide bonds. The maximum Gasteiger partial charge on any atom is 0.272 e. The summed E-state index contributed by atoms with van der Waals surface area (Å²) in [5, 5.41) is 7.52. The second-order valence-corrected chi connectivity index (χ2v) is 7.09. The fourth-order valence-corrected chi connectivity index (χ4v) is 4.28. The van der Waals surface area contributed by atoms with Crippen LogP contribution in [0.25, 0.3) is 11.3 Å². The van der Waals surface area contributed by atoms with Gasteiger partial charge in [-0.1, -0.05) is 48.5 Å². The highest BCUT2D eigenvalue weighted by Gasteiger charge is 2.27. The van der Waals surface area contributed by atoms with Crippen LogP contribution in [0.2, 0.25) is 0 Å². The molecular weight excluding hydrogens is 330 g/mol. The minimum atomic E-state index is -0.0900. The van der Waals surface area contributed by atoms with E-state index in [1.54, 1.807) is 11.8 Å². The summed E-state index contributed by atoms with van der Waals surface area (Å²) in [6.07, 6.45) is 0.819. The van der Waals surface area contributed by atoms with Crippen LogP contribution in [0.15, 0.2) is 59.5 Å². The smallest absolute Gasteiger partial charge is 0.272 e. The topological polar surface area (TPSA) is 46.9 Å². The van der Waals surface area contributed by atoms with Gasteiger partial charge in [0.2, 0.25) is 0 Å². The third-order valence-electron chi connectivity index (χ3n) is 4.42. The van der Waals surface area contributed by atoms with E-state index in [0.29, 0.717) is 12.2 Å². The fourth-order valence-electron chi connectivity index (χ4n) is 3.21. The highest BCUT2D eigenvalue weighted by Crippen LogP contribution is 2.42. The standard InChI is InChI=1S/C20H19N3OS/c1-23-19-15-9-5-6-10-17(15)25-13-16(19)18(22-23)20(24)21-12-11-14-7-3-2-4-8-14/h2-10H,11-13H2,1H3,(H,21,24). The summed E-state index contributed by atoms with van der Waals surface area (Å²) in [5.41, 5.74) is 5.01. The molecule has 0 fully saturated rings. The van der Waals surface area contributed by atoms with Crippen molar-refractivity contribution in [3.8, 4) is 11.3 Å². The number of hydrogen-bond acceptors (Lipinski definition) is 3. The molecule has 2 aromatic carbocycles. The Bertz CT molecular complexity index is 918. The number of aryl methyl sites for hydroxylation is 1. The van der Waals surface area contributed by atoms with Crippen LogP contribution < -0.4 is 5.32 Å². The first-order valence-electron chi connectivity index (χ1n) is 8.34. The number of carbonyl (C=O) groups excluding carboxylic acids is 1. The van der Waals surface area contributed by atoms with Crippen molar-refractivity contribution in [1.82, 2.24) is 15.1 Å². The number of aromatic nitrogens is 2. The van der Waals surface area contributed by atoms with Gasteiger partial charge in [-0.05, 0) is 18.1 Å². The summed E-state index contributed by atoms with van der Waals surface area (Å²) in [7, 11) is 1.91. The lowest BCUT2D eigenvalue weighted by molar-refractivity contribution is 0.0948. The zero-order valence-electron chi connectivity index (χ0n) is 14.0. The van der Waals surface area contributed by atoms with Crippen LogP contribution in [0.4, 0.5) is 0 Å². The molecule has 1 N–H and O–H groups in total. The van der Waals surface area contributed by atoms with Gasteiger partial charge in [0, 0.05) is 35.4 Å². The molecule has 1 aliphatic rings. The predicted octanol–water partition coefficient (Wildman–Crippen LogP) is 3.67. The molecule has 0 spiro atoms. The van der Waals surface area contributed by atoms with Gasteiger partial charge in [0.05, 0.1) is 5.69 Å². The van der Waals surface area contributed by atoms with Gasteiger partial charge >= 0.3 is 0 Å². The van der Waals surface area contributed by atoms with E-state index in [1.165, 1.54) is 10.5 Å². The predicted molar refractivity (Wildman–Crippen MR) is 101 cm³/mol. The van der Waals surface area contributed by atoms with Crippen molar-refractivity contribution in [2.24, 2.45) is 7.05 Å². The Morgan fingerprint density at radius 3 is 2.76 bits per heavy atom. The van der Waals surface area contributed by atoms with E-state index in [4.69, 9.17) is 0 Å². The highest BCUT2D eigenvalue weighted by atomic mass is 32.2. The zero-order chi connectivity index (χ0) is 17.2. The van der Waals surface area contributed by atoms with E-state index in [-0.39, 0.29) is 5.91 Å². The van der Waals surface area contributed by atoms with Gasteiger partial charge in [0.25, 0.3) is 5.91 Å². The molecule has 4 nitrogen and oxygen atoms in total. The highest BCUT2D eigenvalue weighted by molar-refractivity contribution is 7.98. The molecule has 2 heterocycles. The first-order chi connectivity index (χ1) is 12.2. The van der Waals surface area contributed by atoms with Crippen molar-refractivity contribution in [3.05, 3.63) is 71.4 Å². The Labute approximate surface area is 151 Å². The molecule has 5 heteroatoms. The number of nitrogens with one attached hydrogen (secondary N) is 1. The number of fused-ring (bicyclic) bond motifs is 3. The summed E-state index contributed by atoms with van der Waals surface area (Å²) >= 11 is 1.76. The van der Waals surface area contributed by atoms with E-state index in [0.717, 1.165) is 29.0 Å². The van der Waals surface area contributed by atoms with Crippen LogP contribution in [-0.2, 0) is 19.2 Å². The van der Waals surface area contributed by atoms with Crippen LogP contribution in [0.3, 0.4) is 0 Å². The molecule has 126 valence electrons. The third-order valence-corrected chi connectivity index (χ3v) is 5.52. The first-order valence-corrected chi connectivity index (χ1v) is 9.33. The van der Waals surface area contributed by atoms with Crippen molar-refractivity contribution in [3.63, 3.8) is 0 Å². The van der Waals surface area contributed by atoms with Crippen LogP contribution >= 0.6 is 11.8 Å². The summed E-state index contributed by atoms with van der Waals surface area (Å²) in [6, 6.07) is 18.5. The molecule has 4 rings (SSSR count). The molecule has 0 radical (unpaired) electrons. The number of hydrogen-bond donors (Lipinski definition) is 1. The van der Waals surface area contributed by atoms with Crippen LogP contribution in [0.1, 0.15) is 21.6 Å². The second kappa shape index (κ2) is 6.76. The van der Waals surface area contributed by atoms with Gasteiger partial charge in [-0.2, -0.15) is 5.10 Å². The molecular formula is C20H19N3OS. The van der Waals surface area contributed by atoms with Crippen molar-refractivity contribution in [2.45, 2.75) is 17.1 Å². The minimum Gasteiger partial charge on any atom is -0.350 e. The first kappa shape index (κ1) is 16.0. The lowest BCUT2D eigenvalue weighted by atomic mass is 10.1. The average Bonchev–Trinajstić information content (AvgIpc) is 3.00. The summed E-state index contributed by atoms with van der Waals surface area (Å²) in [5.74, 6) is 0.689. The van der Waals surface area contributed by atoms with Crippen molar-refractivity contribution in [2.75, 3.05) is 6.54 Å². The largest absolute Gasteiger partial charge is 0.350 e. The second-order valence-electron chi connectivity index (χ2n) is 6.08. The molecule has 25 heavy (non-hydrogen) atoms. The lowest BCUT2D eigenvalue weighted by Gasteiger charge is -2.16. The van der Waals surface area contributed by atoms with Gasteiger partial charge < -0.3 is 5.32 Å². The average molecular weight is 349 g/mol. The van der Waals surface area contributed by atoms with Crippen molar-refractivity contribution < 1.29 is 4.79 Å². The molecule has 0 atom stereocenters. The van der Waals surface area contributed by atoms with Gasteiger partial charge in [0.15, 0.2) is 5.69 Å². The van der Waals surface area contributed by atoms with E-state index in [1.807, 2.05) is 42.1 Å². The van der Waals surface area contributed by atoms with Crippen LogP contribution in [-0.4, -0.2) is 22.2 Å². The fraction of sp³-hybridized carbons (Fsp3) is 0.200. The SMILES string of the molecule is Cn1nc(C(=O)NCCc2ccccc2)c2c1-c1ccccc1SC2. The van der Waals surface area contributed by atoms with E-state index in [2.05, 4.69) is 34.7 Å². The number of rotatable bonds is 4. The van der Waals surface area contributed by atoms with Crippen molar-refractivity contribution in [1.29, 1.82) is 0 Å². The number of thioether (sulfide) groups is 1. The normalized spacial score (nSPS) is 12.4. The van der Waals surface area contributed by atoms with E-state index < -0.39 is 0 Å². The Morgan fingerprint density at radius 1 is 1.16 bits per heavy atom. The zero-order valence-corrected chi connectivity index (χ0v) is 14.8. The number of nitrogens with zero attached hydrogens (tertiary/aromatic N) is 2. The van der Waals surface area contributed by atoms with Gasteiger partial charge in [-0.25, -0.2) is 0 Å². The van der Waals surface area contributed by atoms with Crippen LogP contribution in [0, 0.1) is 0 Å². The van der Waals surface area contributed by atoms with E-state index >= 15 is 0 Å². The molecule has 0 unspecified atom stereocenters. The molecule has 0 saturated carbocycles. The molecule has 0 aliphatic carbocycles. The summed E-state index contributed by atoms with van der Waals surface area (Å²) in [6.45, 7) is 0.609. The van der Waals surface area contributed by atoms with Gasteiger partial charge in [-0.3, -0.25) is 9.48 Å². The summed E-state index contributed by atoms with van der Waals surface area (Å²) in [4.78, 5) is 13.9. The monoisotopic (exact) mass is 349 g/mol. The van der Waals surface area contributed by atoms with Gasteiger partial charge in [-0.15, -0.1) is 11.8 Å². The number of benzene rings is 2. The quantitative estimate of drug-likeness (QED) is 0.782. The Kier molecular flexibility index (Phi) is 4.32. The molecule has 3 aromatic rings. The summed E-state index contributed by atoms with van der Waals surface area (Å²) < 4.78 is 1.83. The Hall–Kier alpha value is -2.53. The maximum absolute atomic E-state index is 12.6. The maximum atomic E-state index is 12.6. The number of carbonyl (C=O) groups is 1. The molecule has 1 aliphatic heterocycles. The molecule has 1 aromatic heterocycles. The Morgan fingerprint density at radius 2 is 1.92 bits per heavy atom. The lowest BCUT2D eigenvalue weighted by Crippen LogP contribution is -2.27. The Balaban J connectivity index is 1.53. The van der Waals surface area contributed by atoms with Crippen molar-refractivity contribution >= 4 is 17.7 Å². The van der Waals surface area contributed by atoms with Crippen LogP contribution in [0.5, 0.6) is 0 Å². The molecule has 0 bridgehead atoms.